The third-order valence-electron chi connectivity index (χ3n) is 5.68. The van der Waals surface area contributed by atoms with Gasteiger partial charge in [0, 0.05) is 32.7 Å². The van der Waals surface area contributed by atoms with Crippen molar-refractivity contribution in [1.82, 2.24) is 14.7 Å². The van der Waals surface area contributed by atoms with Crippen molar-refractivity contribution in [2.24, 2.45) is 0 Å². The fourth-order valence-electron chi connectivity index (χ4n) is 4.01. The molecule has 5 heteroatoms. The summed E-state index contributed by atoms with van der Waals surface area (Å²) in [7, 11) is 0. The Bertz CT molecular complexity index is 553. The lowest BCUT2D eigenvalue weighted by Crippen LogP contribution is -2.53. The first-order valence-electron chi connectivity index (χ1n) is 9.60. The van der Waals surface area contributed by atoms with Crippen molar-refractivity contribution in [2.45, 2.75) is 38.1 Å². The molecule has 0 aliphatic carbocycles. The lowest BCUT2D eigenvalue weighted by atomic mass is 10.0. The first-order valence-corrected chi connectivity index (χ1v) is 10.6. The molecule has 0 saturated carbocycles. The van der Waals surface area contributed by atoms with Crippen molar-refractivity contribution in [3.05, 3.63) is 35.9 Å². The summed E-state index contributed by atoms with van der Waals surface area (Å²) in [6, 6.07) is 10.7. The van der Waals surface area contributed by atoms with Crippen molar-refractivity contribution in [1.29, 1.82) is 0 Å². The number of carbonyl (C=O) groups is 1. The van der Waals surface area contributed by atoms with Crippen LogP contribution in [0.1, 0.15) is 32.3 Å². The number of rotatable bonds is 7. The number of likely N-dealkylation sites (tertiary alicyclic amines) is 1. The summed E-state index contributed by atoms with van der Waals surface area (Å²) < 4.78 is 0. The minimum Gasteiger partial charge on any atom is -0.326 e. The van der Waals surface area contributed by atoms with E-state index in [2.05, 4.69) is 58.9 Å². The maximum atomic E-state index is 12.5. The van der Waals surface area contributed by atoms with Gasteiger partial charge in [-0.2, -0.15) is 0 Å². The molecule has 4 nitrogen and oxygen atoms in total. The van der Waals surface area contributed by atoms with Crippen LogP contribution in [0.3, 0.4) is 0 Å². The fraction of sp³-hybridized carbons (Fsp3) is 0.650. The molecule has 1 aromatic carbocycles. The Balaban J connectivity index is 1.57. The molecule has 0 aromatic heterocycles. The van der Waals surface area contributed by atoms with E-state index < -0.39 is 0 Å². The summed E-state index contributed by atoms with van der Waals surface area (Å²) in [5, 5.41) is 0. The van der Waals surface area contributed by atoms with Gasteiger partial charge in [-0.25, -0.2) is 0 Å². The number of hydrogen-bond donors (Lipinski definition) is 0. The van der Waals surface area contributed by atoms with E-state index >= 15 is 0 Å². The molecule has 1 aromatic rings. The highest BCUT2D eigenvalue weighted by atomic mass is 32.2. The maximum Gasteiger partial charge on any atom is 0.233 e. The van der Waals surface area contributed by atoms with Gasteiger partial charge in [-0.3, -0.25) is 9.69 Å². The topological polar surface area (TPSA) is 26.8 Å². The van der Waals surface area contributed by atoms with Crippen molar-refractivity contribution >= 4 is 17.7 Å². The molecule has 2 aliphatic heterocycles. The van der Waals surface area contributed by atoms with Gasteiger partial charge in [0.2, 0.25) is 5.91 Å². The second-order valence-corrected chi connectivity index (χ2v) is 8.41. The number of likely N-dealkylation sites (N-methyl/N-ethyl adjacent to an activating group) is 1. The molecular weight excluding hydrogens is 330 g/mol. The lowest BCUT2D eigenvalue weighted by Gasteiger charge is -2.44. The van der Waals surface area contributed by atoms with Gasteiger partial charge in [-0.15, -0.1) is 11.8 Å². The Labute approximate surface area is 156 Å². The molecule has 3 rings (SSSR count). The molecule has 0 atom stereocenters. The number of benzene rings is 1. The Morgan fingerprint density at radius 1 is 1.12 bits per heavy atom. The Morgan fingerprint density at radius 3 is 2.44 bits per heavy atom. The first-order chi connectivity index (χ1) is 12.2. The summed E-state index contributed by atoms with van der Waals surface area (Å²) in [4.78, 5) is 19.7. The molecule has 0 bridgehead atoms. The molecule has 1 amide bonds. The molecule has 0 N–H and O–H groups in total. The van der Waals surface area contributed by atoms with Crippen molar-refractivity contribution in [2.75, 3.05) is 45.0 Å². The normalized spacial score (nSPS) is 20.8. The van der Waals surface area contributed by atoms with E-state index in [0.717, 1.165) is 58.7 Å². The highest BCUT2D eigenvalue weighted by Gasteiger charge is 2.47. The van der Waals surface area contributed by atoms with Gasteiger partial charge in [0.1, 0.15) is 0 Å². The van der Waals surface area contributed by atoms with E-state index in [1.165, 1.54) is 5.56 Å². The van der Waals surface area contributed by atoms with Crippen molar-refractivity contribution < 1.29 is 4.79 Å². The second-order valence-electron chi connectivity index (χ2n) is 7.07. The minimum atomic E-state index is 0.0530. The maximum absolute atomic E-state index is 12.5. The molecule has 2 saturated heterocycles. The molecule has 1 spiro atoms. The van der Waals surface area contributed by atoms with Gasteiger partial charge in [-0.05, 0) is 31.5 Å². The summed E-state index contributed by atoms with van der Waals surface area (Å²) in [6.45, 7) is 11.6. The summed E-state index contributed by atoms with van der Waals surface area (Å²) in [5.74, 6) is 1.00. The minimum absolute atomic E-state index is 0.0530. The number of nitrogens with zero attached hydrogens (tertiary/aromatic N) is 3. The van der Waals surface area contributed by atoms with E-state index in [-0.39, 0.29) is 4.87 Å². The average Bonchev–Trinajstić information content (AvgIpc) is 2.95. The SMILES string of the molecule is CCN(CC)CCN1C(=O)CSC12CCN(Cc1ccccc1)CC2. The number of carbonyl (C=O) groups excluding carboxylic acids is 1. The van der Waals surface area contributed by atoms with Crippen LogP contribution in [0.4, 0.5) is 0 Å². The Hall–Kier alpha value is -1.04. The zero-order chi connectivity index (χ0) is 17.7. The Kier molecular flexibility index (Phi) is 6.42. The molecule has 138 valence electrons. The van der Waals surface area contributed by atoms with Crippen molar-refractivity contribution in [3.63, 3.8) is 0 Å². The predicted octanol–water partition coefficient (Wildman–Crippen LogP) is 2.90. The van der Waals surface area contributed by atoms with Crippen LogP contribution in [-0.4, -0.2) is 70.5 Å². The number of hydrogen-bond acceptors (Lipinski definition) is 4. The molecule has 2 heterocycles. The quantitative estimate of drug-likeness (QED) is 0.746. The molecule has 2 fully saturated rings. The number of amides is 1. The van der Waals surface area contributed by atoms with E-state index in [9.17, 15) is 4.79 Å². The van der Waals surface area contributed by atoms with Crippen LogP contribution >= 0.6 is 11.8 Å². The number of thioether (sulfide) groups is 1. The third-order valence-corrected chi connectivity index (χ3v) is 7.24. The zero-order valence-corrected chi connectivity index (χ0v) is 16.4. The number of piperidine rings is 1. The van der Waals surface area contributed by atoms with Crippen LogP contribution in [0, 0.1) is 0 Å². The largest absolute Gasteiger partial charge is 0.326 e. The van der Waals surface area contributed by atoms with Crippen LogP contribution in [0.25, 0.3) is 0 Å². The molecule has 25 heavy (non-hydrogen) atoms. The van der Waals surface area contributed by atoms with Gasteiger partial charge >= 0.3 is 0 Å². The highest BCUT2D eigenvalue weighted by Crippen LogP contribution is 2.44. The predicted molar refractivity (Wildman–Crippen MR) is 106 cm³/mol. The van der Waals surface area contributed by atoms with E-state index in [4.69, 9.17) is 0 Å². The van der Waals surface area contributed by atoms with Crippen LogP contribution in [0.2, 0.25) is 0 Å². The fourth-order valence-corrected chi connectivity index (χ4v) is 5.37. The van der Waals surface area contributed by atoms with Crippen molar-refractivity contribution in [3.8, 4) is 0 Å². The third kappa shape index (κ3) is 4.39. The smallest absolute Gasteiger partial charge is 0.233 e. The van der Waals surface area contributed by atoms with E-state index in [1.807, 2.05) is 11.8 Å². The standard InChI is InChI=1S/C20H31N3OS/c1-3-21(4-2)14-15-23-19(24)17-25-20(23)10-12-22(13-11-20)16-18-8-6-5-7-9-18/h5-9H,3-4,10-17H2,1-2H3. The van der Waals surface area contributed by atoms with E-state index in [0.29, 0.717) is 11.7 Å². The highest BCUT2D eigenvalue weighted by molar-refractivity contribution is 8.01. The van der Waals surface area contributed by atoms with Crippen LogP contribution in [-0.2, 0) is 11.3 Å². The van der Waals surface area contributed by atoms with Crippen LogP contribution < -0.4 is 0 Å². The second kappa shape index (κ2) is 8.56. The molecule has 0 unspecified atom stereocenters. The summed E-state index contributed by atoms with van der Waals surface area (Å²) >= 11 is 1.89. The summed E-state index contributed by atoms with van der Waals surface area (Å²) in [6.07, 6.45) is 2.18. The zero-order valence-electron chi connectivity index (χ0n) is 15.6. The van der Waals surface area contributed by atoms with E-state index in [1.54, 1.807) is 0 Å². The van der Waals surface area contributed by atoms with Gasteiger partial charge in [0.15, 0.2) is 0 Å². The van der Waals surface area contributed by atoms with Gasteiger partial charge in [0.05, 0.1) is 10.6 Å². The molecule has 2 aliphatic rings. The van der Waals surface area contributed by atoms with Crippen LogP contribution in [0.15, 0.2) is 30.3 Å². The first kappa shape index (κ1) is 18.7. The summed E-state index contributed by atoms with van der Waals surface area (Å²) in [5.41, 5.74) is 1.38. The monoisotopic (exact) mass is 361 g/mol. The Morgan fingerprint density at radius 2 is 1.80 bits per heavy atom. The van der Waals surface area contributed by atoms with Gasteiger partial charge in [0.25, 0.3) is 0 Å². The van der Waals surface area contributed by atoms with Gasteiger partial charge in [-0.1, -0.05) is 44.2 Å². The molecular formula is C20H31N3OS. The van der Waals surface area contributed by atoms with Gasteiger partial charge < -0.3 is 9.80 Å². The lowest BCUT2D eigenvalue weighted by molar-refractivity contribution is -0.131. The average molecular weight is 362 g/mol. The van der Waals surface area contributed by atoms with Crippen LogP contribution in [0.5, 0.6) is 0 Å². The molecule has 0 radical (unpaired) electrons.